The van der Waals surface area contributed by atoms with Crippen LogP contribution in [0, 0.1) is 0 Å². The molecule has 20 nitrogen and oxygen atoms in total. The first-order chi connectivity index (χ1) is 34.4. The maximum Gasteiger partial charge on any atom is 0.356 e. The summed E-state index contributed by atoms with van der Waals surface area (Å²) in [5, 5.41) is 53.6. The van der Waals surface area contributed by atoms with Crippen molar-refractivity contribution < 1.29 is 19.5 Å². The molecule has 11 aromatic rings. The minimum absolute atomic E-state index is 0.0349. The van der Waals surface area contributed by atoms with Crippen LogP contribution in [-0.2, 0) is 0 Å². The fourth-order valence-electron chi connectivity index (χ4n) is 6.97. The van der Waals surface area contributed by atoms with E-state index >= 15 is 0 Å². The van der Waals surface area contributed by atoms with Crippen LogP contribution in [0.5, 0.6) is 0 Å². The first-order valence-electron chi connectivity index (χ1n) is 21.3. The summed E-state index contributed by atoms with van der Waals surface area (Å²) in [6.07, 6.45) is 0. The molecule has 0 aliphatic heterocycles. The molecule has 70 heavy (non-hydrogen) atoms. The van der Waals surface area contributed by atoms with Crippen molar-refractivity contribution in [3.8, 4) is 50.8 Å². The van der Waals surface area contributed by atoms with Gasteiger partial charge in [0.05, 0.1) is 34.1 Å². The van der Waals surface area contributed by atoms with Crippen LogP contribution in [-0.4, -0.2) is 93.5 Å². The van der Waals surface area contributed by atoms with Crippen molar-refractivity contribution in [1.82, 2.24) is 70.6 Å². The lowest BCUT2D eigenvalue weighted by molar-refractivity contribution is 0.0689. The van der Waals surface area contributed by atoms with Crippen molar-refractivity contribution in [3.63, 3.8) is 0 Å². The third-order valence-electron chi connectivity index (χ3n) is 10.2. The molecule has 0 aliphatic rings. The first kappa shape index (κ1) is 44.7. The van der Waals surface area contributed by atoms with Gasteiger partial charge < -0.3 is 5.11 Å². The summed E-state index contributed by atoms with van der Waals surface area (Å²) in [5.74, 6) is -1.65. The number of hydrogen-bond acceptors (Lipinski definition) is 12. The molecule has 342 valence electrons. The zero-order chi connectivity index (χ0) is 48.1. The highest BCUT2D eigenvalue weighted by atomic mass is 16.4. The molecule has 0 spiro atoms. The van der Waals surface area contributed by atoms with Gasteiger partial charge in [-0.1, -0.05) is 156 Å². The maximum absolute atomic E-state index is 12.4. The fourth-order valence-corrected chi connectivity index (χ4v) is 6.97. The van der Waals surface area contributed by atoms with Gasteiger partial charge >= 0.3 is 5.97 Å². The molecule has 0 fully saturated rings. The minimum atomic E-state index is -1.03. The predicted octanol–water partition coefficient (Wildman–Crippen LogP) is 7.85. The second kappa shape index (κ2) is 21.2. The Morgan fingerprint density at radius 3 is 0.971 bits per heavy atom. The lowest BCUT2D eigenvalue weighted by atomic mass is 10.1. The molecule has 0 aliphatic carbocycles. The highest BCUT2D eigenvalue weighted by Gasteiger charge is 2.20. The Bertz CT molecular complexity index is 3090. The quantitative estimate of drug-likeness (QED) is 0.0829. The number of hydrogen-bond donors (Lipinski definition) is 5. The van der Waals surface area contributed by atoms with Crippen molar-refractivity contribution in [2.45, 2.75) is 0 Å². The van der Waals surface area contributed by atoms with Crippen LogP contribution < -0.4 is 10.6 Å². The van der Waals surface area contributed by atoms with E-state index in [1.165, 1.54) is 0 Å². The summed E-state index contributed by atoms with van der Waals surface area (Å²) in [6.45, 7) is 0. The Morgan fingerprint density at radius 1 is 0.400 bits per heavy atom. The number of H-pyrrole nitrogens is 2. The van der Waals surface area contributed by atoms with Gasteiger partial charge in [0.1, 0.15) is 0 Å². The molecule has 20 heteroatoms. The SMILES string of the molecule is O=C(Nc1nn[nH]n1)c1cc(-c2ccccc2)n(-c2ccccc2)n1.O=C(Nc1nn[nH]n1)c1cc(-c2ccccc2)n(-c2ccccc2)n1.O=C(O)c1cc(-c2ccccc2)n(-c2ccccc2)n1. The number of carboxylic acid groups (broad SMARTS) is 1. The van der Waals surface area contributed by atoms with Crippen molar-refractivity contribution in [3.05, 3.63) is 217 Å². The number of rotatable bonds is 11. The molecule has 5 N–H and O–H groups in total. The molecule has 5 aromatic heterocycles. The summed E-state index contributed by atoms with van der Waals surface area (Å²) < 4.78 is 5.12. The second-order valence-electron chi connectivity index (χ2n) is 14.8. The molecule has 6 aromatic carbocycles. The van der Waals surface area contributed by atoms with Crippen molar-refractivity contribution >= 4 is 29.7 Å². The smallest absolute Gasteiger partial charge is 0.356 e. The van der Waals surface area contributed by atoms with Gasteiger partial charge in [0.25, 0.3) is 23.7 Å². The van der Waals surface area contributed by atoms with Gasteiger partial charge in [0, 0.05) is 16.7 Å². The number of benzene rings is 6. The number of aromatic nitrogens is 14. The standard InChI is InChI=1S/2C17H13N7O.C16H12N2O2/c2*25-16(18-17-19-22-23-20-17)14-11-15(12-7-3-1-4-8-12)24(21-14)13-9-5-2-6-10-13;19-16(20)14-11-15(12-7-3-1-4-8-12)18(17-14)13-9-5-2-6-10-13/h2*1-11H,(H2,18,19,20,22,23,25);1-11H,(H,19,20). The lowest BCUT2D eigenvalue weighted by Gasteiger charge is -2.07. The number of amides is 2. The number of carbonyl (C=O) groups is 3. The minimum Gasteiger partial charge on any atom is -0.476 e. The van der Waals surface area contributed by atoms with E-state index in [2.05, 4.69) is 67.2 Å². The Labute approximate surface area is 397 Å². The number of aromatic amines is 2. The molecule has 2 amide bonds. The summed E-state index contributed by atoms with van der Waals surface area (Å²) in [7, 11) is 0. The van der Waals surface area contributed by atoms with Gasteiger partial charge in [-0.25, -0.2) is 18.8 Å². The average Bonchev–Trinajstić information content (AvgIpc) is 4.29. The molecule has 0 unspecified atom stereocenters. The van der Waals surface area contributed by atoms with Crippen LogP contribution >= 0.6 is 0 Å². The van der Waals surface area contributed by atoms with Crippen LogP contribution in [0.4, 0.5) is 11.9 Å². The van der Waals surface area contributed by atoms with Crippen LogP contribution in [0.3, 0.4) is 0 Å². The van der Waals surface area contributed by atoms with E-state index in [0.717, 1.165) is 50.8 Å². The van der Waals surface area contributed by atoms with E-state index in [0.29, 0.717) is 0 Å². The van der Waals surface area contributed by atoms with Gasteiger partial charge in [-0.2, -0.15) is 25.7 Å². The van der Waals surface area contributed by atoms with Gasteiger partial charge in [0.2, 0.25) is 0 Å². The Hall–Kier alpha value is -10.5. The molecular weight excluding hydrogens is 889 g/mol. The topological polar surface area (TPSA) is 258 Å². The number of anilines is 2. The first-order valence-corrected chi connectivity index (χ1v) is 21.3. The number of para-hydroxylation sites is 3. The van der Waals surface area contributed by atoms with Crippen LogP contribution in [0.2, 0.25) is 0 Å². The van der Waals surface area contributed by atoms with E-state index in [1.54, 1.807) is 32.2 Å². The molecule has 0 bridgehead atoms. The molecule has 0 atom stereocenters. The lowest BCUT2D eigenvalue weighted by Crippen LogP contribution is -2.14. The zero-order valence-corrected chi connectivity index (χ0v) is 36.6. The number of tetrazole rings is 2. The van der Waals surface area contributed by atoms with Crippen molar-refractivity contribution in [2.75, 3.05) is 10.6 Å². The summed E-state index contributed by atoms with van der Waals surface area (Å²) in [6, 6.07) is 63.0. The molecule has 5 heterocycles. The number of aromatic carboxylic acids is 1. The fraction of sp³-hybridized carbons (Fsp3) is 0. The highest BCUT2D eigenvalue weighted by molar-refractivity contribution is 6.03. The summed E-state index contributed by atoms with van der Waals surface area (Å²) in [4.78, 5) is 36.0. The highest BCUT2D eigenvalue weighted by Crippen LogP contribution is 2.27. The molecule has 0 saturated heterocycles. The summed E-state index contributed by atoms with van der Waals surface area (Å²) >= 11 is 0. The number of carboxylic acids is 1. The van der Waals surface area contributed by atoms with E-state index in [-0.39, 0.29) is 29.0 Å². The second-order valence-corrected chi connectivity index (χ2v) is 14.8. The van der Waals surface area contributed by atoms with Gasteiger partial charge in [-0.05, 0) is 65.0 Å². The molecule has 11 rings (SSSR count). The maximum atomic E-state index is 12.4. The Balaban J connectivity index is 0.000000131. The summed E-state index contributed by atoms with van der Waals surface area (Å²) in [5.41, 5.74) is 8.32. The van der Waals surface area contributed by atoms with Crippen molar-refractivity contribution in [1.29, 1.82) is 0 Å². The molecule has 0 radical (unpaired) electrons. The van der Waals surface area contributed by atoms with Gasteiger partial charge in [-0.3, -0.25) is 20.2 Å². The Morgan fingerprint density at radius 2 is 0.686 bits per heavy atom. The number of carbonyl (C=O) groups excluding carboxylic acids is 2. The van der Waals surface area contributed by atoms with E-state index in [1.807, 2.05) is 182 Å². The molecular formula is C50H38N16O4. The van der Waals surface area contributed by atoms with Gasteiger partial charge in [0.15, 0.2) is 17.1 Å². The zero-order valence-electron chi connectivity index (χ0n) is 36.6. The van der Waals surface area contributed by atoms with E-state index in [9.17, 15) is 14.4 Å². The molecule has 0 saturated carbocycles. The van der Waals surface area contributed by atoms with E-state index < -0.39 is 17.8 Å². The normalized spacial score (nSPS) is 10.5. The third kappa shape index (κ3) is 10.6. The number of nitrogens with zero attached hydrogens (tertiary/aromatic N) is 12. The predicted molar refractivity (Wildman–Crippen MR) is 258 cm³/mol. The average molecular weight is 927 g/mol. The van der Waals surface area contributed by atoms with Crippen LogP contribution in [0.15, 0.2) is 200 Å². The number of nitrogens with one attached hydrogen (secondary N) is 4. The third-order valence-corrected chi connectivity index (χ3v) is 10.2. The van der Waals surface area contributed by atoms with Crippen LogP contribution in [0.1, 0.15) is 31.5 Å². The van der Waals surface area contributed by atoms with Crippen LogP contribution in [0.25, 0.3) is 50.8 Å². The monoisotopic (exact) mass is 926 g/mol. The van der Waals surface area contributed by atoms with Crippen molar-refractivity contribution in [2.24, 2.45) is 0 Å². The Kier molecular flexibility index (Phi) is 13.5. The van der Waals surface area contributed by atoms with E-state index in [4.69, 9.17) is 5.11 Å². The largest absolute Gasteiger partial charge is 0.476 e. The van der Waals surface area contributed by atoms with Gasteiger partial charge in [-0.15, -0.1) is 10.2 Å².